The van der Waals surface area contributed by atoms with Gasteiger partial charge in [-0.2, -0.15) is 13.2 Å². The highest BCUT2D eigenvalue weighted by molar-refractivity contribution is 6.83. The van der Waals surface area contributed by atoms with E-state index in [2.05, 4.69) is 36.1 Å². The molecule has 110 valence electrons. The molecule has 0 aliphatic rings. The molecule has 0 fully saturated rings. The molecule has 0 saturated carbocycles. The summed E-state index contributed by atoms with van der Waals surface area (Å²) in [5, 5.41) is 0.000976. The minimum Gasteiger partial charge on any atom is -0.398 e. The van der Waals surface area contributed by atoms with Crippen LogP contribution in [0.15, 0.2) is 24.3 Å². The van der Waals surface area contributed by atoms with E-state index >= 15 is 0 Å². The van der Waals surface area contributed by atoms with E-state index in [0.717, 1.165) is 0 Å². The largest absolute Gasteiger partial charge is 0.419 e. The number of nitrogen functional groups attached to an aromatic ring is 1. The zero-order valence-electron chi connectivity index (χ0n) is 12.0. The van der Waals surface area contributed by atoms with Crippen LogP contribution >= 0.6 is 0 Å². The molecule has 0 unspecified atom stereocenters. The normalized spacial score (nSPS) is 12.1. The number of aromatic nitrogens is 1. The fraction of sp³-hybridized carbons (Fsp3) is 0.267. The van der Waals surface area contributed by atoms with E-state index in [9.17, 15) is 13.2 Å². The third kappa shape index (κ3) is 3.55. The summed E-state index contributed by atoms with van der Waals surface area (Å²) >= 11 is 0. The third-order valence-corrected chi connectivity index (χ3v) is 3.63. The van der Waals surface area contributed by atoms with Gasteiger partial charge >= 0.3 is 6.18 Å². The minimum absolute atomic E-state index is 0.000976. The SMILES string of the molecule is C[Si](C)(C)C#Cc1ccc2c(C(F)(F)F)c(N)ccc2n1. The molecule has 0 spiro atoms. The summed E-state index contributed by atoms with van der Waals surface area (Å²) in [6.45, 7) is 6.26. The molecule has 21 heavy (non-hydrogen) atoms. The summed E-state index contributed by atoms with van der Waals surface area (Å²) in [6.07, 6.45) is -4.50. The summed E-state index contributed by atoms with van der Waals surface area (Å²) in [5.41, 5.74) is 8.19. The van der Waals surface area contributed by atoms with Gasteiger partial charge in [0.25, 0.3) is 0 Å². The zero-order valence-corrected chi connectivity index (χ0v) is 13.0. The molecule has 2 aromatic rings. The molecular formula is C15H15F3N2Si. The molecule has 0 saturated heterocycles. The van der Waals surface area contributed by atoms with Crippen molar-refractivity contribution in [3.05, 3.63) is 35.5 Å². The van der Waals surface area contributed by atoms with Crippen molar-refractivity contribution in [1.82, 2.24) is 4.98 Å². The standard InChI is InChI=1S/C15H15F3N2Si/c1-21(2,3)9-8-10-4-5-11-13(20-10)7-6-12(19)14(11)15(16,17)18/h4-7H,19H2,1-3H3. The highest BCUT2D eigenvalue weighted by Crippen LogP contribution is 2.38. The molecular weight excluding hydrogens is 293 g/mol. The number of anilines is 1. The lowest BCUT2D eigenvalue weighted by Crippen LogP contribution is -2.16. The Labute approximate surface area is 122 Å². The molecule has 0 amide bonds. The molecule has 0 aliphatic carbocycles. The second-order valence-electron chi connectivity index (χ2n) is 5.79. The molecule has 2 nitrogen and oxygen atoms in total. The van der Waals surface area contributed by atoms with Gasteiger partial charge in [-0.25, -0.2) is 4.98 Å². The molecule has 6 heteroatoms. The van der Waals surface area contributed by atoms with Crippen LogP contribution in [0.3, 0.4) is 0 Å². The third-order valence-electron chi connectivity index (χ3n) is 2.75. The van der Waals surface area contributed by atoms with Gasteiger partial charge in [0.15, 0.2) is 0 Å². The Morgan fingerprint density at radius 2 is 1.76 bits per heavy atom. The first-order chi connectivity index (χ1) is 9.58. The lowest BCUT2D eigenvalue weighted by Gasteiger charge is -2.12. The fourth-order valence-corrected chi connectivity index (χ4v) is 2.36. The molecule has 0 atom stereocenters. The Morgan fingerprint density at radius 1 is 1.10 bits per heavy atom. The quantitative estimate of drug-likeness (QED) is 0.453. The summed E-state index contributed by atoms with van der Waals surface area (Å²) in [7, 11) is -1.56. The molecule has 1 aromatic carbocycles. The van der Waals surface area contributed by atoms with Gasteiger partial charge in [-0.3, -0.25) is 0 Å². The monoisotopic (exact) mass is 308 g/mol. The van der Waals surface area contributed by atoms with Crippen molar-refractivity contribution in [3.63, 3.8) is 0 Å². The van der Waals surface area contributed by atoms with E-state index < -0.39 is 19.8 Å². The topological polar surface area (TPSA) is 38.9 Å². The second-order valence-corrected chi connectivity index (χ2v) is 10.5. The molecule has 1 heterocycles. The predicted octanol–water partition coefficient (Wildman–Crippen LogP) is 4.06. The van der Waals surface area contributed by atoms with Crippen molar-refractivity contribution in [2.24, 2.45) is 0 Å². The van der Waals surface area contributed by atoms with Crippen LogP contribution in [0.2, 0.25) is 19.6 Å². The van der Waals surface area contributed by atoms with Crippen LogP contribution in [-0.4, -0.2) is 13.1 Å². The Morgan fingerprint density at radius 3 is 2.33 bits per heavy atom. The van der Waals surface area contributed by atoms with E-state index in [1.807, 2.05) is 0 Å². The number of nitrogens with zero attached hydrogens (tertiary/aromatic N) is 1. The Kier molecular flexibility index (Phi) is 3.72. The number of alkyl halides is 3. The molecule has 2 rings (SSSR count). The Hall–Kier alpha value is -2.00. The maximum atomic E-state index is 13.1. The van der Waals surface area contributed by atoms with E-state index in [0.29, 0.717) is 5.69 Å². The van der Waals surface area contributed by atoms with Crippen LogP contribution in [0, 0.1) is 11.5 Å². The summed E-state index contributed by atoms with van der Waals surface area (Å²) in [6, 6.07) is 5.60. The number of rotatable bonds is 0. The first-order valence-corrected chi connectivity index (χ1v) is 9.87. The van der Waals surface area contributed by atoms with Crippen molar-refractivity contribution < 1.29 is 13.2 Å². The maximum absolute atomic E-state index is 13.1. The number of hydrogen-bond donors (Lipinski definition) is 1. The number of hydrogen-bond acceptors (Lipinski definition) is 2. The van der Waals surface area contributed by atoms with Gasteiger partial charge in [0.2, 0.25) is 0 Å². The second kappa shape index (κ2) is 5.08. The van der Waals surface area contributed by atoms with Crippen LogP contribution in [0.1, 0.15) is 11.3 Å². The van der Waals surface area contributed by atoms with E-state index in [4.69, 9.17) is 5.73 Å². The fourth-order valence-electron chi connectivity index (χ4n) is 1.86. The van der Waals surface area contributed by atoms with Crippen LogP contribution in [0.4, 0.5) is 18.9 Å². The zero-order chi connectivity index (χ0) is 15.8. The predicted molar refractivity (Wildman–Crippen MR) is 81.4 cm³/mol. The number of fused-ring (bicyclic) bond motifs is 1. The van der Waals surface area contributed by atoms with E-state index in [-0.39, 0.29) is 16.6 Å². The van der Waals surface area contributed by atoms with Crippen molar-refractivity contribution >= 4 is 24.7 Å². The number of benzene rings is 1. The van der Waals surface area contributed by atoms with E-state index in [1.54, 1.807) is 0 Å². The maximum Gasteiger partial charge on any atom is 0.419 e. The smallest absolute Gasteiger partial charge is 0.398 e. The van der Waals surface area contributed by atoms with Gasteiger partial charge in [-0.15, -0.1) is 5.54 Å². The number of nitrogens with two attached hydrogens (primary N) is 1. The lowest BCUT2D eigenvalue weighted by molar-refractivity contribution is -0.135. The van der Waals surface area contributed by atoms with Crippen LogP contribution in [0.25, 0.3) is 10.9 Å². The minimum atomic E-state index is -4.50. The van der Waals surface area contributed by atoms with Crippen LogP contribution < -0.4 is 5.73 Å². The summed E-state index contributed by atoms with van der Waals surface area (Å²) < 4.78 is 39.2. The van der Waals surface area contributed by atoms with Crippen molar-refractivity contribution in [1.29, 1.82) is 0 Å². The van der Waals surface area contributed by atoms with Crippen LogP contribution in [-0.2, 0) is 6.18 Å². The van der Waals surface area contributed by atoms with Crippen molar-refractivity contribution in [3.8, 4) is 11.5 Å². The average Bonchev–Trinajstić information content (AvgIpc) is 2.33. The van der Waals surface area contributed by atoms with Crippen molar-refractivity contribution in [2.45, 2.75) is 25.8 Å². The van der Waals surface area contributed by atoms with Gasteiger partial charge in [0, 0.05) is 11.1 Å². The molecule has 0 aliphatic heterocycles. The first-order valence-electron chi connectivity index (χ1n) is 6.37. The highest BCUT2D eigenvalue weighted by Gasteiger charge is 2.35. The molecule has 1 aromatic heterocycles. The molecule has 0 radical (unpaired) electrons. The number of pyridine rings is 1. The Balaban J connectivity index is 2.61. The number of halogens is 3. The summed E-state index contributed by atoms with van der Waals surface area (Å²) in [4.78, 5) is 4.19. The van der Waals surface area contributed by atoms with E-state index in [1.165, 1.54) is 24.3 Å². The van der Waals surface area contributed by atoms with Crippen LogP contribution in [0.5, 0.6) is 0 Å². The molecule has 2 N–H and O–H groups in total. The summed E-state index contributed by atoms with van der Waals surface area (Å²) in [5.74, 6) is 2.94. The first kappa shape index (κ1) is 15.4. The highest BCUT2D eigenvalue weighted by atomic mass is 28.3. The average molecular weight is 308 g/mol. The van der Waals surface area contributed by atoms with Gasteiger partial charge < -0.3 is 5.73 Å². The van der Waals surface area contributed by atoms with Gasteiger partial charge in [0.05, 0.1) is 11.1 Å². The van der Waals surface area contributed by atoms with Crippen molar-refractivity contribution in [2.75, 3.05) is 5.73 Å². The molecule has 0 bridgehead atoms. The van der Waals surface area contributed by atoms with Gasteiger partial charge in [0.1, 0.15) is 13.8 Å². The lowest BCUT2D eigenvalue weighted by atomic mass is 10.1. The van der Waals surface area contributed by atoms with Gasteiger partial charge in [-0.1, -0.05) is 25.6 Å². The van der Waals surface area contributed by atoms with Gasteiger partial charge in [-0.05, 0) is 24.3 Å². The Bertz CT molecular complexity index is 750.